The second-order valence-corrected chi connectivity index (χ2v) is 8.34. The lowest BCUT2D eigenvalue weighted by atomic mass is 9.98. The molecule has 2 aromatic carbocycles. The number of piperidine rings is 1. The maximum absolute atomic E-state index is 12.4. The highest BCUT2D eigenvalue weighted by Gasteiger charge is 2.30. The first-order valence-corrected chi connectivity index (χ1v) is 10.6. The van der Waals surface area contributed by atoms with Crippen LogP contribution >= 0.6 is 0 Å². The lowest BCUT2D eigenvalue weighted by molar-refractivity contribution is -0.140. The Kier molecular flexibility index (Phi) is 6.04. The van der Waals surface area contributed by atoms with Crippen LogP contribution in [0.5, 0.6) is 0 Å². The van der Waals surface area contributed by atoms with Gasteiger partial charge in [0.1, 0.15) is 12.6 Å². The molecule has 0 spiro atoms. The number of ether oxygens (including phenoxy) is 1. The highest BCUT2D eigenvalue weighted by Crippen LogP contribution is 2.44. The van der Waals surface area contributed by atoms with Gasteiger partial charge in [-0.15, -0.1) is 0 Å². The number of aliphatic carboxylic acids is 1. The van der Waals surface area contributed by atoms with Crippen molar-refractivity contribution in [2.75, 3.05) is 26.2 Å². The Morgan fingerprint density at radius 1 is 1.07 bits per heavy atom. The number of carboxylic acid groups (broad SMARTS) is 1. The molecule has 1 heterocycles. The molecule has 1 saturated heterocycles. The number of nitrogens with one attached hydrogen (secondary N) is 1. The van der Waals surface area contributed by atoms with Crippen molar-refractivity contribution >= 4 is 12.1 Å². The van der Waals surface area contributed by atoms with Crippen LogP contribution < -0.4 is 5.32 Å². The van der Waals surface area contributed by atoms with E-state index >= 15 is 0 Å². The van der Waals surface area contributed by atoms with Gasteiger partial charge in [-0.3, -0.25) is 0 Å². The summed E-state index contributed by atoms with van der Waals surface area (Å²) in [6, 6.07) is 15.3. The van der Waals surface area contributed by atoms with Crippen molar-refractivity contribution in [3.8, 4) is 11.1 Å². The van der Waals surface area contributed by atoms with Crippen LogP contribution in [0, 0.1) is 5.92 Å². The zero-order chi connectivity index (χ0) is 21.1. The van der Waals surface area contributed by atoms with Crippen molar-refractivity contribution in [2.24, 2.45) is 5.92 Å². The third kappa shape index (κ3) is 4.33. The van der Waals surface area contributed by atoms with Gasteiger partial charge in [-0.25, -0.2) is 9.59 Å². The molecular formula is C24H28N2O4. The normalized spacial score (nSPS) is 17.8. The fraction of sp³-hybridized carbons (Fsp3) is 0.417. The number of carboxylic acids is 1. The molecule has 6 heteroatoms. The summed E-state index contributed by atoms with van der Waals surface area (Å²) >= 11 is 0. The highest BCUT2D eigenvalue weighted by molar-refractivity contribution is 5.81. The summed E-state index contributed by atoms with van der Waals surface area (Å²) in [5.41, 5.74) is 4.57. The molecule has 1 aliphatic heterocycles. The summed E-state index contributed by atoms with van der Waals surface area (Å²) in [5.74, 6) is -0.420. The molecule has 0 saturated carbocycles. The number of likely N-dealkylation sites (tertiary alicyclic amines) is 1. The lowest BCUT2D eigenvalue weighted by Crippen LogP contribution is -2.50. The summed E-state index contributed by atoms with van der Waals surface area (Å²) in [4.78, 5) is 26.2. The zero-order valence-electron chi connectivity index (χ0n) is 17.2. The van der Waals surface area contributed by atoms with Crippen molar-refractivity contribution < 1.29 is 19.4 Å². The SMILES string of the molecule is CC1CCN(CC(NC(=O)OCC2c3ccccc3-c3ccccc32)C(=O)O)CC1. The number of nitrogens with zero attached hydrogens (tertiary/aromatic N) is 1. The molecule has 30 heavy (non-hydrogen) atoms. The van der Waals surface area contributed by atoms with Crippen LogP contribution in [0.3, 0.4) is 0 Å². The number of hydrogen-bond donors (Lipinski definition) is 2. The van der Waals surface area contributed by atoms with Gasteiger partial charge >= 0.3 is 12.1 Å². The topological polar surface area (TPSA) is 78.9 Å². The van der Waals surface area contributed by atoms with E-state index in [4.69, 9.17) is 4.74 Å². The van der Waals surface area contributed by atoms with Gasteiger partial charge in [-0.2, -0.15) is 0 Å². The van der Waals surface area contributed by atoms with Gasteiger partial charge in [-0.1, -0.05) is 55.5 Å². The number of carbonyl (C=O) groups excluding carboxylic acids is 1. The quantitative estimate of drug-likeness (QED) is 0.762. The van der Waals surface area contributed by atoms with Gasteiger partial charge in [0.25, 0.3) is 0 Å². The molecule has 1 unspecified atom stereocenters. The van der Waals surface area contributed by atoms with Gasteiger partial charge in [0, 0.05) is 12.5 Å². The number of rotatable bonds is 6. The van der Waals surface area contributed by atoms with Gasteiger partial charge in [0.15, 0.2) is 0 Å². The van der Waals surface area contributed by atoms with E-state index in [0.29, 0.717) is 12.5 Å². The minimum atomic E-state index is -1.04. The first-order valence-electron chi connectivity index (χ1n) is 10.6. The standard InChI is InChI=1S/C24H28N2O4/c1-16-10-12-26(13-11-16)14-22(23(27)28)25-24(29)30-15-21-19-8-4-2-6-17(19)18-7-3-5-9-20(18)21/h2-9,16,21-22H,10-15H2,1H3,(H,25,29)(H,27,28). The molecule has 2 N–H and O–H groups in total. The Labute approximate surface area is 176 Å². The number of fused-ring (bicyclic) bond motifs is 3. The van der Waals surface area contributed by atoms with Crippen LogP contribution in [0.15, 0.2) is 48.5 Å². The molecule has 1 aliphatic carbocycles. The summed E-state index contributed by atoms with van der Waals surface area (Å²) in [6.07, 6.45) is 1.42. The molecular weight excluding hydrogens is 380 g/mol. The van der Waals surface area contributed by atoms with Gasteiger partial charge in [0.05, 0.1) is 0 Å². The van der Waals surface area contributed by atoms with Crippen LogP contribution in [0.2, 0.25) is 0 Å². The predicted octanol–water partition coefficient (Wildman–Crippen LogP) is 3.71. The summed E-state index contributed by atoms with van der Waals surface area (Å²) in [7, 11) is 0. The number of alkyl carbamates (subject to hydrolysis) is 1. The Hall–Kier alpha value is -2.86. The smallest absolute Gasteiger partial charge is 0.407 e. The van der Waals surface area contributed by atoms with Crippen LogP contribution in [-0.4, -0.2) is 54.4 Å². The second kappa shape index (κ2) is 8.88. The third-order valence-electron chi connectivity index (χ3n) is 6.25. The van der Waals surface area contributed by atoms with Crippen molar-refractivity contribution in [1.82, 2.24) is 10.2 Å². The van der Waals surface area contributed by atoms with Gasteiger partial charge in [0.2, 0.25) is 0 Å². The van der Waals surface area contributed by atoms with Crippen LogP contribution in [0.25, 0.3) is 11.1 Å². The zero-order valence-corrected chi connectivity index (χ0v) is 17.2. The monoisotopic (exact) mass is 408 g/mol. The summed E-state index contributed by atoms with van der Waals surface area (Å²) in [5, 5.41) is 12.1. The molecule has 0 bridgehead atoms. The van der Waals surface area contributed by atoms with Crippen LogP contribution in [0.4, 0.5) is 4.79 Å². The molecule has 0 aromatic heterocycles. The molecule has 4 rings (SSSR count). The molecule has 6 nitrogen and oxygen atoms in total. The van der Waals surface area contributed by atoms with E-state index in [1.807, 2.05) is 24.3 Å². The predicted molar refractivity (Wildman–Crippen MR) is 114 cm³/mol. The highest BCUT2D eigenvalue weighted by atomic mass is 16.5. The van der Waals surface area contributed by atoms with Crippen molar-refractivity contribution in [1.29, 1.82) is 0 Å². The lowest BCUT2D eigenvalue weighted by Gasteiger charge is -2.32. The summed E-state index contributed by atoms with van der Waals surface area (Å²) in [6.45, 7) is 4.40. The Morgan fingerprint density at radius 2 is 1.63 bits per heavy atom. The fourth-order valence-corrected chi connectivity index (χ4v) is 4.47. The third-order valence-corrected chi connectivity index (χ3v) is 6.25. The molecule has 158 valence electrons. The molecule has 1 fully saturated rings. The maximum Gasteiger partial charge on any atom is 0.407 e. The number of hydrogen-bond acceptors (Lipinski definition) is 4. The van der Waals surface area contributed by atoms with E-state index < -0.39 is 18.1 Å². The van der Waals surface area contributed by atoms with E-state index in [0.717, 1.165) is 48.2 Å². The molecule has 2 aromatic rings. The molecule has 1 atom stereocenters. The largest absolute Gasteiger partial charge is 0.480 e. The van der Waals surface area contributed by atoms with Gasteiger partial charge < -0.3 is 20.1 Å². The average molecular weight is 408 g/mol. The summed E-state index contributed by atoms with van der Waals surface area (Å²) < 4.78 is 5.49. The van der Waals surface area contributed by atoms with Crippen LogP contribution in [0.1, 0.15) is 36.8 Å². The van der Waals surface area contributed by atoms with E-state index in [9.17, 15) is 14.7 Å². The molecule has 2 aliphatic rings. The second-order valence-electron chi connectivity index (χ2n) is 8.34. The first kappa shape index (κ1) is 20.4. The van der Waals surface area contributed by atoms with E-state index in [-0.39, 0.29) is 12.5 Å². The number of carbonyl (C=O) groups is 2. The molecule has 1 amide bonds. The number of amides is 1. The number of benzene rings is 2. The molecule has 0 radical (unpaired) electrons. The Balaban J connectivity index is 1.37. The minimum absolute atomic E-state index is 0.0463. The average Bonchev–Trinajstić information content (AvgIpc) is 3.07. The van der Waals surface area contributed by atoms with E-state index in [1.54, 1.807) is 0 Å². The van der Waals surface area contributed by atoms with Gasteiger partial charge in [-0.05, 0) is 54.1 Å². The minimum Gasteiger partial charge on any atom is -0.480 e. The van der Waals surface area contributed by atoms with Crippen molar-refractivity contribution in [3.63, 3.8) is 0 Å². The van der Waals surface area contributed by atoms with E-state index in [1.165, 1.54) is 0 Å². The Bertz CT molecular complexity index is 875. The Morgan fingerprint density at radius 3 is 2.20 bits per heavy atom. The first-order chi connectivity index (χ1) is 14.5. The van der Waals surface area contributed by atoms with Crippen molar-refractivity contribution in [2.45, 2.75) is 31.7 Å². The fourth-order valence-electron chi connectivity index (χ4n) is 4.47. The van der Waals surface area contributed by atoms with E-state index in [2.05, 4.69) is 41.4 Å². The van der Waals surface area contributed by atoms with Crippen LogP contribution in [-0.2, 0) is 9.53 Å². The maximum atomic E-state index is 12.4. The van der Waals surface area contributed by atoms with Crippen molar-refractivity contribution in [3.05, 3.63) is 59.7 Å².